The third-order valence-electron chi connectivity index (χ3n) is 2.45. The van der Waals surface area contributed by atoms with Gasteiger partial charge in [0.2, 0.25) is 0 Å². The van der Waals surface area contributed by atoms with E-state index in [0.717, 1.165) is 0 Å². The number of carbonyl (C=O) groups is 1. The molecule has 2 aromatic rings. The van der Waals surface area contributed by atoms with Gasteiger partial charge in [0, 0.05) is 18.7 Å². The van der Waals surface area contributed by atoms with Gasteiger partial charge in [0.25, 0.3) is 0 Å². The van der Waals surface area contributed by atoms with E-state index in [4.69, 9.17) is 5.73 Å². The molecule has 90 valence electrons. The minimum Gasteiger partial charge on any atom is -0.508 e. The summed E-state index contributed by atoms with van der Waals surface area (Å²) in [4.78, 5) is 15.7. The highest BCUT2D eigenvalue weighted by molar-refractivity contribution is 5.95. The van der Waals surface area contributed by atoms with Gasteiger partial charge in [-0.15, -0.1) is 0 Å². The lowest BCUT2D eigenvalue weighted by molar-refractivity contribution is 0.0597. The lowest BCUT2D eigenvalue weighted by Gasteiger charge is -1.99. The number of imidazole rings is 1. The lowest BCUT2D eigenvalue weighted by atomic mass is 10.3. The Kier molecular flexibility index (Phi) is 2.97. The molecule has 0 spiro atoms. The Labute approximate surface area is 97.6 Å². The highest BCUT2D eigenvalue weighted by atomic mass is 16.5. The molecular formula is C11H13N3O3. The van der Waals surface area contributed by atoms with Gasteiger partial charge in [0.1, 0.15) is 11.6 Å². The van der Waals surface area contributed by atoms with Gasteiger partial charge in [-0.25, -0.2) is 9.78 Å². The molecule has 6 heteroatoms. The van der Waals surface area contributed by atoms with Crippen LogP contribution in [-0.2, 0) is 11.2 Å². The molecule has 2 aromatic heterocycles. The molecular weight excluding hydrogens is 222 g/mol. The van der Waals surface area contributed by atoms with Crippen LogP contribution >= 0.6 is 0 Å². The van der Waals surface area contributed by atoms with Crippen molar-refractivity contribution in [1.82, 2.24) is 9.38 Å². The molecule has 0 saturated carbocycles. The van der Waals surface area contributed by atoms with E-state index in [1.807, 2.05) is 0 Å². The Balaban J connectivity index is 2.66. The molecule has 2 rings (SSSR count). The lowest BCUT2D eigenvalue weighted by Crippen LogP contribution is -2.06. The van der Waals surface area contributed by atoms with E-state index >= 15 is 0 Å². The van der Waals surface area contributed by atoms with Crippen LogP contribution in [0.4, 0.5) is 0 Å². The van der Waals surface area contributed by atoms with Crippen LogP contribution in [0.2, 0.25) is 0 Å². The van der Waals surface area contributed by atoms with E-state index in [2.05, 4.69) is 9.72 Å². The zero-order valence-corrected chi connectivity index (χ0v) is 9.38. The SMILES string of the molecule is COC(=O)c1nc(CCN)n2ccc(O)cc12. The normalized spacial score (nSPS) is 10.7. The first-order valence-electron chi connectivity index (χ1n) is 5.15. The Bertz CT molecular complexity index is 562. The summed E-state index contributed by atoms with van der Waals surface area (Å²) in [5, 5.41) is 9.43. The second-order valence-corrected chi connectivity index (χ2v) is 3.55. The first kappa shape index (κ1) is 11.4. The standard InChI is InChI=1S/C11H13N3O3/c1-17-11(16)10-8-6-7(15)3-5-14(8)9(13-10)2-4-12/h3,5-6,15H,2,4,12H2,1H3. The molecule has 0 radical (unpaired) electrons. The van der Waals surface area contributed by atoms with Gasteiger partial charge in [-0.3, -0.25) is 0 Å². The smallest absolute Gasteiger partial charge is 0.358 e. The summed E-state index contributed by atoms with van der Waals surface area (Å²) in [6, 6.07) is 3.00. The molecule has 0 aliphatic rings. The number of carbonyl (C=O) groups excluding carboxylic acids is 1. The first-order valence-corrected chi connectivity index (χ1v) is 5.15. The zero-order valence-electron chi connectivity index (χ0n) is 9.38. The molecule has 17 heavy (non-hydrogen) atoms. The van der Waals surface area contributed by atoms with Crippen LogP contribution in [-0.4, -0.2) is 34.1 Å². The predicted octanol–water partition coefficient (Wildman–Crippen LogP) is 0.328. The van der Waals surface area contributed by atoms with Crippen molar-refractivity contribution in [3.8, 4) is 5.75 Å². The molecule has 0 bridgehead atoms. The molecule has 2 heterocycles. The van der Waals surface area contributed by atoms with Crippen LogP contribution in [0.5, 0.6) is 5.75 Å². The molecule has 0 unspecified atom stereocenters. The van der Waals surface area contributed by atoms with E-state index in [1.165, 1.54) is 19.2 Å². The average molecular weight is 235 g/mol. The van der Waals surface area contributed by atoms with Crippen molar-refractivity contribution in [2.45, 2.75) is 6.42 Å². The fourth-order valence-corrected chi connectivity index (χ4v) is 1.69. The van der Waals surface area contributed by atoms with E-state index in [9.17, 15) is 9.90 Å². The summed E-state index contributed by atoms with van der Waals surface area (Å²) < 4.78 is 6.37. The van der Waals surface area contributed by atoms with Gasteiger partial charge in [-0.1, -0.05) is 0 Å². The number of pyridine rings is 1. The average Bonchev–Trinajstić information content (AvgIpc) is 2.67. The quantitative estimate of drug-likeness (QED) is 0.748. The molecule has 0 atom stereocenters. The van der Waals surface area contributed by atoms with Crippen molar-refractivity contribution >= 4 is 11.5 Å². The van der Waals surface area contributed by atoms with Gasteiger partial charge >= 0.3 is 5.97 Å². The van der Waals surface area contributed by atoms with Crippen LogP contribution in [0.3, 0.4) is 0 Å². The second kappa shape index (κ2) is 4.42. The van der Waals surface area contributed by atoms with E-state index < -0.39 is 5.97 Å². The number of aromatic nitrogens is 2. The summed E-state index contributed by atoms with van der Waals surface area (Å²) >= 11 is 0. The van der Waals surface area contributed by atoms with Gasteiger partial charge in [-0.2, -0.15) is 0 Å². The topological polar surface area (TPSA) is 89.8 Å². The summed E-state index contributed by atoms with van der Waals surface area (Å²) in [6.07, 6.45) is 2.19. The molecule has 0 aliphatic carbocycles. The summed E-state index contributed by atoms with van der Waals surface area (Å²) in [6.45, 7) is 0.431. The van der Waals surface area contributed by atoms with Gasteiger partial charge in [-0.05, 0) is 12.6 Å². The monoisotopic (exact) mass is 235 g/mol. The number of fused-ring (bicyclic) bond motifs is 1. The Morgan fingerprint density at radius 1 is 1.65 bits per heavy atom. The minimum absolute atomic E-state index is 0.0712. The van der Waals surface area contributed by atoms with Crippen LogP contribution < -0.4 is 5.73 Å². The maximum absolute atomic E-state index is 11.5. The third-order valence-corrected chi connectivity index (χ3v) is 2.45. The minimum atomic E-state index is -0.531. The number of hydrogen-bond donors (Lipinski definition) is 2. The van der Waals surface area contributed by atoms with Gasteiger partial charge in [0.05, 0.1) is 12.6 Å². The number of hydrogen-bond acceptors (Lipinski definition) is 5. The van der Waals surface area contributed by atoms with Crippen molar-refractivity contribution in [3.05, 3.63) is 29.8 Å². The summed E-state index contributed by atoms with van der Waals surface area (Å²) in [5.74, 6) is 0.209. The second-order valence-electron chi connectivity index (χ2n) is 3.55. The fraction of sp³-hybridized carbons (Fsp3) is 0.273. The van der Waals surface area contributed by atoms with Crippen molar-refractivity contribution in [2.24, 2.45) is 5.73 Å². The molecule has 3 N–H and O–H groups in total. The number of methoxy groups -OCH3 is 1. The number of ether oxygens (including phenoxy) is 1. The largest absolute Gasteiger partial charge is 0.508 e. The van der Waals surface area contributed by atoms with E-state index in [-0.39, 0.29) is 11.4 Å². The van der Waals surface area contributed by atoms with Crippen LogP contribution in [0.15, 0.2) is 18.3 Å². The summed E-state index contributed by atoms with van der Waals surface area (Å²) in [5.41, 5.74) is 6.18. The Hall–Kier alpha value is -2.08. The van der Waals surface area contributed by atoms with Crippen molar-refractivity contribution in [1.29, 1.82) is 0 Å². The van der Waals surface area contributed by atoms with Crippen LogP contribution in [0.1, 0.15) is 16.3 Å². The molecule has 0 amide bonds. The zero-order chi connectivity index (χ0) is 12.4. The van der Waals surface area contributed by atoms with Gasteiger partial charge in [0.15, 0.2) is 5.69 Å². The molecule has 0 fully saturated rings. The van der Waals surface area contributed by atoms with E-state index in [0.29, 0.717) is 24.3 Å². The summed E-state index contributed by atoms with van der Waals surface area (Å²) in [7, 11) is 1.29. The first-order chi connectivity index (χ1) is 8.17. The van der Waals surface area contributed by atoms with Crippen molar-refractivity contribution < 1.29 is 14.6 Å². The van der Waals surface area contributed by atoms with Crippen molar-refractivity contribution in [2.75, 3.05) is 13.7 Å². The van der Waals surface area contributed by atoms with Crippen LogP contribution in [0.25, 0.3) is 5.52 Å². The number of aromatic hydroxyl groups is 1. The maximum atomic E-state index is 11.5. The number of esters is 1. The van der Waals surface area contributed by atoms with Crippen molar-refractivity contribution in [3.63, 3.8) is 0 Å². The number of rotatable bonds is 3. The molecule has 0 aliphatic heterocycles. The molecule has 6 nitrogen and oxygen atoms in total. The van der Waals surface area contributed by atoms with Gasteiger partial charge < -0.3 is 20.0 Å². The van der Waals surface area contributed by atoms with E-state index in [1.54, 1.807) is 10.6 Å². The number of nitrogens with zero attached hydrogens (tertiary/aromatic N) is 2. The molecule has 0 aromatic carbocycles. The highest BCUT2D eigenvalue weighted by Gasteiger charge is 2.17. The van der Waals surface area contributed by atoms with Crippen LogP contribution in [0, 0.1) is 0 Å². The fourth-order valence-electron chi connectivity index (χ4n) is 1.69. The Morgan fingerprint density at radius 3 is 3.06 bits per heavy atom. The molecule has 0 saturated heterocycles. The number of nitrogens with two attached hydrogens (primary N) is 1. The highest BCUT2D eigenvalue weighted by Crippen LogP contribution is 2.19. The predicted molar refractivity (Wildman–Crippen MR) is 61.0 cm³/mol. The third kappa shape index (κ3) is 1.94. The Morgan fingerprint density at radius 2 is 2.41 bits per heavy atom. The maximum Gasteiger partial charge on any atom is 0.358 e.